The molecule has 3 aromatic rings. The molecule has 0 bridgehead atoms. The van der Waals surface area contributed by atoms with Crippen LogP contribution in [0.25, 0.3) is 10.4 Å². The fourth-order valence-corrected chi connectivity index (χ4v) is 5.60. The van der Waals surface area contributed by atoms with Crippen LogP contribution in [0.3, 0.4) is 0 Å². The van der Waals surface area contributed by atoms with E-state index >= 15 is 0 Å². The molecule has 1 aliphatic heterocycles. The Labute approximate surface area is 159 Å². The maximum absolute atomic E-state index is 12.5. The fourth-order valence-electron chi connectivity index (χ4n) is 2.79. The van der Waals surface area contributed by atoms with Crippen molar-refractivity contribution in [2.45, 2.75) is 17.4 Å². The summed E-state index contributed by atoms with van der Waals surface area (Å²) in [6, 6.07) is 10.6. The monoisotopic (exact) mass is 407 g/mol. The zero-order valence-electron chi connectivity index (χ0n) is 13.7. The van der Waals surface area contributed by atoms with Gasteiger partial charge in [0.15, 0.2) is 0 Å². The Morgan fingerprint density at radius 3 is 2.92 bits per heavy atom. The van der Waals surface area contributed by atoms with Crippen LogP contribution in [0.1, 0.15) is 16.5 Å². The first-order valence-electron chi connectivity index (χ1n) is 8.09. The minimum Gasteiger partial charge on any atom is -0.493 e. The molecule has 2 N–H and O–H groups in total. The van der Waals surface area contributed by atoms with Crippen LogP contribution in [0.4, 0.5) is 0 Å². The summed E-state index contributed by atoms with van der Waals surface area (Å²) in [5.74, 6) is 0.739. The lowest BCUT2D eigenvalue weighted by Crippen LogP contribution is -2.28. The number of sulfonamides is 1. The average molecular weight is 408 g/mol. The quantitative estimate of drug-likeness (QED) is 0.656. The molecule has 0 spiro atoms. The van der Waals surface area contributed by atoms with E-state index in [1.165, 1.54) is 17.4 Å². The van der Waals surface area contributed by atoms with Gasteiger partial charge in [-0.05, 0) is 52.7 Å². The predicted molar refractivity (Wildman–Crippen MR) is 103 cm³/mol. The summed E-state index contributed by atoms with van der Waals surface area (Å²) >= 11 is 3.08. The molecular weight excluding hydrogens is 390 g/mol. The van der Waals surface area contributed by atoms with Crippen LogP contribution in [0, 0.1) is 0 Å². The standard InChI is InChI=1S/C18H17NO4S3/c20-15(18-4-3-17(25-18)13-6-8-24-11-13)10-19-26(21,22)14-1-2-16-12(9-14)5-7-23-16/h1-4,6,8-9,11,15,19-20H,5,7,10H2. The highest BCUT2D eigenvalue weighted by molar-refractivity contribution is 7.89. The number of aliphatic hydroxyl groups is 1. The molecule has 8 heteroatoms. The first kappa shape index (κ1) is 17.7. The Morgan fingerprint density at radius 2 is 2.12 bits per heavy atom. The van der Waals surface area contributed by atoms with Gasteiger partial charge < -0.3 is 9.84 Å². The van der Waals surface area contributed by atoms with E-state index in [1.807, 2.05) is 29.0 Å². The van der Waals surface area contributed by atoms with E-state index in [0.717, 1.165) is 26.6 Å². The van der Waals surface area contributed by atoms with Crippen LogP contribution in [0.5, 0.6) is 5.75 Å². The number of hydrogen-bond donors (Lipinski definition) is 2. The molecule has 5 nitrogen and oxygen atoms in total. The van der Waals surface area contributed by atoms with E-state index in [-0.39, 0.29) is 11.4 Å². The Kier molecular flexibility index (Phi) is 4.85. The Bertz CT molecular complexity index is 1010. The lowest BCUT2D eigenvalue weighted by atomic mass is 10.2. The van der Waals surface area contributed by atoms with E-state index in [4.69, 9.17) is 4.74 Å². The van der Waals surface area contributed by atoms with E-state index < -0.39 is 16.1 Å². The number of benzene rings is 1. The lowest BCUT2D eigenvalue weighted by molar-refractivity contribution is 0.186. The summed E-state index contributed by atoms with van der Waals surface area (Å²) in [5.41, 5.74) is 2.01. The summed E-state index contributed by atoms with van der Waals surface area (Å²) in [6.45, 7) is 0.509. The van der Waals surface area contributed by atoms with Gasteiger partial charge in [-0.1, -0.05) is 0 Å². The molecule has 0 radical (unpaired) electrons. The molecule has 0 fully saturated rings. The van der Waals surface area contributed by atoms with Crippen molar-refractivity contribution in [1.82, 2.24) is 4.72 Å². The first-order valence-corrected chi connectivity index (χ1v) is 11.3. The molecule has 2 aromatic heterocycles. The van der Waals surface area contributed by atoms with Gasteiger partial charge in [-0.2, -0.15) is 11.3 Å². The summed E-state index contributed by atoms with van der Waals surface area (Å²) in [5, 5.41) is 14.4. The molecule has 26 heavy (non-hydrogen) atoms. The molecule has 1 unspecified atom stereocenters. The Morgan fingerprint density at radius 1 is 1.23 bits per heavy atom. The molecule has 1 atom stereocenters. The van der Waals surface area contributed by atoms with Crippen molar-refractivity contribution in [3.8, 4) is 16.2 Å². The normalized spacial score (nSPS) is 14.8. The van der Waals surface area contributed by atoms with E-state index in [0.29, 0.717) is 13.0 Å². The van der Waals surface area contributed by atoms with Crippen molar-refractivity contribution in [2.24, 2.45) is 0 Å². The van der Waals surface area contributed by atoms with Crippen LogP contribution < -0.4 is 9.46 Å². The van der Waals surface area contributed by atoms with Gasteiger partial charge in [-0.3, -0.25) is 0 Å². The smallest absolute Gasteiger partial charge is 0.240 e. The molecule has 1 aromatic carbocycles. The van der Waals surface area contributed by atoms with E-state index in [9.17, 15) is 13.5 Å². The van der Waals surface area contributed by atoms with Crippen molar-refractivity contribution in [2.75, 3.05) is 13.2 Å². The second kappa shape index (κ2) is 7.13. The second-order valence-electron chi connectivity index (χ2n) is 5.95. The molecule has 0 aliphatic carbocycles. The lowest BCUT2D eigenvalue weighted by Gasteiger charge is -2.11. The van der Waals surface area contributed by atoms with Crippen LogP contribution >= 0.6 is 22.7 Å². The van der Waals surface area contributed by atoms with Crippen molar-refractivity contribution in [3.05, 3.63) is 57.6 Å². The third kappa shape index (κ3) is 3.56. The summed E-state index contributed by atoms with van der Waals surface area (Å²) < 4.78 is 32.9. The van der Waals surface area contributed by atoms with Crippen molar-refractivity contribution in [1.29, 1.82) is 0 Å². The largest absolute Gasteiger partial charge is 0.493 e. The van der Waals surface area contributed by atoms with Gasteiger partial charge in [0, 0.05) is 28.3 Å². The Hall–Kier alpha value is -1.71. The average Bonchev–Trinajstić information content (AvgIpc) is 3.39. The molecule has 4 rings (SSSR count). The highest BCUT2D eigenvalue weighted by Crippen LogP contribution is 2.33. The van der Waals surface area contributed by atoms with Gasteiger partial charge in [-0.15, -0.1) is 11.3 Å². The van der Waals surface area contributed by atoms with Crippen LogP contribution in [0.2, 0.25) is 0 Å². The first-order chi connectivity index (χ1) is 12.5. The topological polar surface area (TPSA) is 75.6 Å². The van der Waals surface area contributed by atoms with Gasteiger partial charge in [0.25, 0.3) is 0 Å². The van der Waals surface area contributed by atoms with Gasteiger partial charge in [-0.25, -0.2) is 13.1 Å². The molecule has 1 aliphatic rings. The van der Waals surface area contributed by atoms with Crippen molar-refractivity contribution >= 4 is 32.7 Å². The van der Waals surface area contributed by atoms with Crippen LogP contribution in [0.15, 0.2) is 52.1 Å². The maximum Gasteiger partial charge on any atom is 0.240 e. The molecule has 3 heterocycles. The van der Waals surface area contributed by atoms with E-state index in [2.05, 4.69) is 4.72 Å². The number of aliphatic hydroxyl groups excluding tert-OH is 1. The second-order valence-corrected chi connectivity index (χ2v) is 9.61. The highest BCUT2D eigenvalue weighted by atomic mass is 32.2. The van der Waals surface area contributed by atoms with Gasteiger partial charge in [0.2, 0.25) is 10.0 Å². The van der Waals surface area contributed by atoms with Crippen molar-refractivity contribution < 1.29 is 18.3 Å². The number of rotatable bonds is 6. The minimum absolute atomic E-state index is 0.0699. The number of nitrogens with one attached hydrogen (secondary N) is 1. The molecule has 0 amide bonds. The number of ether oxygens (including phenoxy) is 1. The highest BCUT2D eigenvalue weighted by Gasteiger charge is 2.21. The SMILES string of the molecule is O=S(=O)(NCC(O)c1ccc(-c2ccsc2)s1)c1ccc2c(c1)CCO2. The van der Waals surface area contributed by atoms with Gasteiger partial charge >= 0.3 is 0 Å². The maximum atomic E-state index is 12.5. The van der Waals surface area contributed by atoms with Crippen LogP contribution in [-0.2, 0) is 16.4 Å². The Balaban J connectivity index is 1.44. The summed E-state index contributed by atoms with van der Waals surface area (Å²) in [6.07, 6.45) is -0.179. The summed E-state index contributed by atoms with van der Waals surface area (Å²) in [4.78, 5) is 1.98. The van der Waals surface area contributed by atoms with Crippen LogP contribution in [-0.4, -0.2) is 26.7 Å². The number of fused-ring (bicyclic) bond motifs is 1. The molecule has 0 saturated heterocycles. The third-order valence-corrected chi connectivity index (χ3v) is 7.54. The zero-order chi connectivity index (χ0) is 18.1. The number of hydrogen-bond acceptors (Lipinski definition) is 6. The zero-order valence-corrected chi connectivity index (χ0v) is 16.2. The molecule has 136 valence electrons. The predicted octanol–water partition coefficient (Wildman–Crippen LogP) is 3.42. The third-order valence-electron chi connectivity index (χ3n) is 4.20. The van der Waals surface area contributed by atoms with Gasteiger partial charge in [0.05, 0.1) is 11.5 Å². The summed E-state index contributed by atoms with van der Waals surface area (Å²) in [7, 11) is -3.68. The fraction of sp³-hybridized carbons (Fsp3) is 0.222. The van der Waals surface area contributed by atoms with Gasteiger partial charge in [0.1, 0.15) is 11.9 Å². The molecule has 0 saturated carbocycles. The van der Waals surface area contributed by atoms with E-state index in [1.54, 1.807) is 23.5 Å². The number of thiophene rings is 2. The van der Waals surface area contributed by atoms with Crippen molar-refractivity contribution in [3.63, 3.8) is 0 Å². The minimum atomic E-state index is -3.68. The molecular formula is C18H17NO4S3.